The van der Waals surface area contributed by atoms with E-state index in [-0.39, 0.29) is 0 Å². The molecule has 0 amide bonds. The topological polar surface area (TPSA) is 12.0 Å². The Kier molecular flexibility index (Phi) is 4.08. The summed E-state index contributed by atoms with van der Waals surface area (Å²) in [5.41, 5.74) is 6.74. The van der Waals surface area contributed by atoms with Crippen LogP contribution in [0.2, 0.25) is 0 Å². The van der Waals surface area contributed by atoms with Crippen LogP contribution in [0.4, 0.5) is 5.69 Å². The molecule has 0 saturated heterocycles. The Morgan fingerprint density at radius 1 is 1.00 bits per heavy atom. The summed E-state index contributed by atoms with van der Waals surface area (Å²) in [5, 5.41) is 3.71. The summed E-state index contributed by atoms with van der Waals surface area (Å²) in [7, 11) is 0. The normalized spacial score (nSPS) is 21.0. The van der Waals surface area contributed by atoms with Crippen LogP contribution in [0.25, 0.3) is 0 Å². The van der Waals surface area contributed by atoms with Gasteiger partial charge in [-0.3, -0.25) is 0 Å². The van der Waals surface area contributed by atoms with Crippen molar-refractivity contribution in [2.75, 3.05) is 5.32 Å². The minimum absolute atomic E-state index is 0.591. The number of hydrogen-bond donors (Lipinski definition) is 1. The molecule has 3 rings (SSSR count). The van der Waals surface area contributed by atoms with Crippen LogP contribution in [0.15, 0.2) is 40.9 Å². The van der Waals surface area contributed by atoms with E-state index in [9.17, 15) is 0 Å². The fourth-order valence-corrected chi connectivity index (χ4v) is 4.02. The summed E-state index contributed by atoms with van der Waals surface area (Å²) in [6, 6.07) is 14.0. The van der Waals surface area contributed by atoms with E-state index < -0.39 is 0 Å². The van der Waals surface area contributed by atoms with Gasteiger partial charge in [-0.1, -0.05) is 35.9 Å². The first-order valence-electron chi connectivity index (χ1n) is 7.63. The highest BCUT2D eigenvalue weighted by Gasteiger charge is 2.30. The lowest BCUT2D eigenvalue weighted by Crippen LogP contribution is -2.34. The van der Waals surface area contributed by atoms with Gasteiger partial charge in [0.05, 0.1) is 5.69 Å². The van der Waals surface area contributed by atoms with Crippen molar-refractivity contribution in [3.63, 3.8) is 0 Å². The average molecular weight is 344 g/mol. The highest BCUT2D eigenvalue weighted by atomic mass is 79.9. The zero-order valence-corrected chi connectivity index (χ0v) is 14.5. The molecule has 1 aliphatic rings. The number of benzene rings is 2. The molecule has 1 N–H and O–H groups in total. The maximum atomic E-state index is 3.71. The lowest BCUT2D eigenvalue weighted by atomic mass is 9.75. The van der Waals surface area contributed by atoms with E-state index in [1.54, 1.807) is 0 Å². The summed E-state index contributed by atoms with van der Waals surface area (Å²) in [4.78, 5) is 0. The molecule has 110 valence electrons. The Labute approximate surface area is 135 Å². The summed E-state index contributed by atoms with van der Waals surface area (Å²) in [5.74, 6) is 0.715. The van der Waals surface area contributed by atoms with Gasteiger partial charge in [-0.05, 0) is 78.2 Å². The maximum Gasteiger partial charge on any atom is 0.0516 e. The molecular formula is C19H22BrN. The molecule has 1 aliphatic carbocycles. The first kappa shape index (κ1) is 14.6. The van der Waals surface area contributed by atoms with E-state index in [4.69, 9.17) is 0 Å². The Morgan fingerprint density at radius 3 is 2.43 bits per heavy atom. The predicted octanol–water partition coefficient (Wildman–Crippen LogP) is 5.73. The first-order valence-corrected chi connectivity index (χ1v) is 8.42. The molecule has 0 heterocycles. The highest BCUT2D eigenvalue weighted by molar-refractivity contribution is 9.10. The lowest BCUT2D eigenvalue weighted by molar-refractivity contribution is 0.374. The van der Waals surface area contributed by atoms with Crippen molar-refractivity contribution in [2.24, 2.45) is 0 Å². The van der Waals surface area contributed by atoms with Crippen LogP contribution in [-0.2, 0) is 0 Å². The van der Waals surface area contributed by atoms with E-state index in [0.29, 0.717) is 12.0 Å². The summed E-state index contributed by atoms with van der Waals surface area (Å²) >= 11 is 3.69. The molecule has 0 unspecified atom stereocenters. The fourth-order valence-electron chi connectivity index (χ4n) is 3.23. The third-order valence-corrected chi connectivity index (χ3v) is 5.06. The molecule has 0 bridgehead atoms. The third kappa shape index (κ3) is 3.16. The third-order valence-electron chi connectivity index (χ3n) is 4.43. The number of nitrogens with one attached hydrogen (secondary N) is 1. The molecule has 0 spiro atoms. The molecule has 1 fully saturated rings. The van der Waals surface area contributed by atoms with Gasteiger partial charge in [0.25, 0.3) is 0 Å². The fraction of sp³-hybridized carbons (Fsp3) is 0.368. The largest absolute Gasteiger partial charge is 0.381 e. The van der Waals surface area contributed by atoms with Gasteiger partial charge in [0.2, 0.25) is 0 Å². The van der Waals surface area contributed by atoms with Gasteiger partial charge in [-0.2, -0.15) is 0 Å². The van der Waals surface area contributed by atoms with E-state index in [2.05, 4.69) is 78.4 Å². The van der Waals surface area contributed by atoms with Crippen molar-refractivity contribution in [3.8, 4) is 0 Å². The Hall–Kier alpha value is -1.28. The van der Waals surface area contributed by atoms with Crippen LogP contribution in [0, 0.1) is 20.8 Å². The van der Waals surface area contributed by atoms with Gasteiger partial charge < -0.3 is 5.32 Å². The summed E-state index contributed by atoms with van der Waals surface area (Å²) < 4.78 is 1.18. The van der Waals surface area contributed by atoms with Crippen molar-refractivity contribution in [2.45, 2.75) is 45.6 Å². The Bertz CT molecular complexity index is 633. The standard InChI is InChI=1S/C19H22BrN/c1-12-5-4-6-15(8-12)16-10-17(11-16)21-19-14(3)7-13(2)9-18(19)20/h4-9,16-17,21H,10-11H2,1-3H3. The van der Waals surface area contributed by atoms with Crippen LogP contribution < -0.4 is 5.32 Å². The molecule has 0 aliphatic heterocycles. The molecule has 0 atom stereocenters. The van der Waals surface area contributed by atoms with E-state index in [1.807, 2.05) is 0 Å². The van der Waals surface area contributed by atoms with Crippen molar-refractivity contribution >= 4 is 21.6 Å². The molecule has 1 nitrogen and oxygen atoms in total. The molecule has 2 aromatic rings. The number of anilines is 1. The van der Waals surface area contributed by atoms with E-state index in [0.717, 1.165) is 0 Å². The minimum Gasteiger partial charge on any atom is -0.381 e. The van der Waals surface area contributed by atoms with Crippen LogP contribution in [-0.4, -0.2) is 6.04 Å². The van der Waals surface area contributed by atoms with Crippen LogP contribution in [0.3, 0.4) is 0 Å². The monoisotopic (exact) mass is 343 g/mol. The predicted molar refractivity (Wildman–Crippen MR) is 94.2 cm³/mol. The zero-order chi connectivity index (χ0) is 15.0. The highest BCUT2D eigenvalue weighted by Crippen LogP contribution is 2.40. The molecule has 0 aromatic heterocycles. The summed E-state index contributed by atoms with van der Waals surface area (Å²) in [6.07, 6.45) is 2.45. The second-order valence-corrected chi connectivity index (χ2v) is 7.22. The summed E-state index contributed by atoms with van der Waals surface area (Å²) in [6.45, 7) is 6.49. The van der Waals surface area contributed by atoms with Gasteiger partial charge in [0, 0.05) is 10.5 Å². The molecule has 21 heavy (non-hydrogen) atoms. The lowest BCUT2D eigenvalue weighted by Gasteiger charge is -2.37. The van der Waals surface area contributed by atoms with Gasteiger partial charge in [0.1, 0.15) is 0 Å². The zero-order valence-electron chi connectivity index (χ0n) is 12.9. The first-order chi connectivity index (χ1) is 10.0. The van der Waals surface area contributed by atoms with Crippen LogP contribution >= 0.6 is 15.9 Å². The number of rotatable bonds is 3. The van der Waals surface area contributed by atoms with Gasteiger partial charge in [-0.15, -0.1) is 0 Å². The van der Waals surface area contributed by atoms with Crippen molar-refractivity contribution in [1.82, 2.24) is 0 Å². The number of aryl methyl sites for hydroxylation is 3. The van der Waals surface area contributed by atoms with E-state index in [1.165, 1.54) is 45.3 Å². The molecule has 2 aromatic carbocycles. The smallest absolute Gasteiger partial charge is 0.0516 e. The number of hydrogen-bond acceptors (Lipinski definition) is 1. The SMILES string of the molecule is Cc1cccc(C2CC(Nc3c(C)cc(C)cc3Br)C2)c1. The number of halogens is 1. The molecule has 0 radical (unpaired) electrons. The molecular weight excluding hydrogens is 322 g/mol. The van der Waals surface area contributed by atoms with Crippen LogP contribution in [0.1, 0.15) is 41.0 Å². The second-order valence-electron chi connectivity index (χ2n) is 6.36. The second kappa shape index (κ2) is 5.84. The van der Waals surface area contributed by atoms with Gasteiger partial charge >= 0.3 is 0 Å². The molecule has 2 heteroatoms. The maximum absolute atomic E-state index is 3.71. The van der Waals surface area contributed by atoms with Crippen LogP contribution in [0.5, 0.6) is 0 Å². The average Bonchev–Trinajstić information content (AvgIpc) is 2.35. The minimum atomic E-state index is 0.591. The van der Waals surface area contributed by atoms with Crippen molar-refractivity contribution < 1.29 is 0 Å². The Morgan fingerprint density at radius 2 is 1.76 bits per heavy atom. The van der Waals surface area contributed by atoms with E-state index >= 15 is 0 Å². The Balaban J connectivity index is 1.65. The molecule has 1 saturated carbocycles. The quantitative estimate of drug-likeness (QED) is 0.749. The van der Waals surface area contributed by atoms with Gasteiger partial charge in [0.15, 0.2) is 0 Å². The van der Waals surface area contributed by atoms with Crippen molar-refractivity contribution in [3.05, 3.63) is 63.1 Å². The van der Waals surface area contributed by atoms with Gasteiger partial charge in [-0.25, -0.2) is 0 Å². The van der Waals surface area contributed by atoms with Crippen molar-refractivity contribution in [1.29, 1.82) is 0 Å².